The van der Waals surface area contributed by atoms with Crippen LogP contribution in [-0.2, 0) is 6.54 Å². The van der Waals surface area contributed by atoms with Crippen LogP contribution in [-0.4, -0.2) is 12.1 Å². The lowest BCUT2D eigenvalue weighted by Gasteiger charge is -2.09. The van der Waals surface area contributed by atoms with Crippen molar-refractivity contribution in [2.45, 2.75) is 13.5 Å². The summed E-state index contributed by atoms with van der Waals surface area (Å²) in [5, 5.41) is 3.31. The zero-order valence-electron chi connectivity index (χ0n) is 10.1. The Morgan fingerprint density at radius 3 is 2.65 bits per heavy atom. The molecule has 17 heavy (non-hydrogen) atoms. The van der Waals surface area contributed by atoms with Crippen molar-refractivity contribution in [3.63, 3.8) is 0 Å². The van der Waals surface area contributed by atoms with Crippen LogP contribution in [0.1, 0.15) is 11.1 Å². The Labute approximate surface area is 101 Å². The fourth-order valence-electron chi connectivity index (χ4n) is 1.59. The molecule has 0 fully saturated rings. The maximum absolute atomic E-state index is 5.18. The monoisotopic (exact) mass is 228 g/mol. The molecule has 1 aromatic heterocycles. The molecule has 88 valence electrons. The average Bonchev–Trinajstić information content (AvgIpc) is 2.38. The van der Waals surface area contributed by atoms with Crippen molar-refractivity contribution in [3.8, 4) is 5.88 Å². The third-order valence-corrected chi connectivity index (χ3v) is 2.57. The highest BCUT2D eigenvalue weighted by Gasteiger charge is 2.01. The number of rotatable bonds is 4. The van der Waals surface area contributed by atoms with Gasteiger partial charge in [0.1, 0.15) is 0 Å². The highest BCUT2D eigenvalue weighted by atomic mass is 16.5. The SMILES string of the molecule is COc1ncccc1NCc1ccc(C)cc1. The molecule has 3 nitrogen and oxygen atoms in total. The van der Waals surface area contributed by atoms with Gasteiger partial charge in [0.15, 0.2) is 0 Å². The van der Waals surface area contributed by atoms with Gasteiger partial charge in [0.25, 0.3) is 0 Å². The fraction of sp³-hybridized carbons (Fsp3) is 0.214. The van der Waals surface area contributed by atoms with Crippen LogP contribution in [0, 0.1) is 6.92 Å². The Kier molecular flexibility index (Phi) is 3.60. The highest BCUT2D eigenvalue weighted by Crippen LogP contribution is 2.20. The van der Waals surface area contributed by atoms with Crippen LogP contribution >= 0.6 is 0 Å². The van der Waals surface area contributed by atoms with E-state index >= 15 is 0 Å². The van der Waals surface area contributed by atoms with Crippen molar-refractivity contribution in [2.24, 2.45) is 0 Å². The quantitative estimate of drug-likeness (QED) is 0.873. The first-order valence-electron chi connectivity index (χ1n) is 5.58. The van der Waals surface area contributed by atoms with Gasteiger partial charge in [0, 0.05) is 12.7 Å². The van der Waals surface area contributed by atoms with E-state index in [9.17, 15) is 0 Å². The molecule has 0 bridgehead atoms. The molecule has 1 N–H and O–H groups in total. The van der Waals surface area contributed by atoms with E-state index in [-0.39, 0.29) is 0 Å². The standard InChI is InChI=1S/C14H16N2O/c1-11-5-7-12(8-6-11)10-16-13-4-3-9-15-14(13)17-2/h3-9,16H,10H2,1-2H3. The molecule has 0 saturated heterocycles. The molecule has 0 aliphatic rings. The number of hydrogen-bond acceptors (Lipinski definition) is 3. The van der Waals surface area contributed by atoms with Crippen molar-refractivity contribution in [3.05, 3.63) is 53.7 Å². The number of nitrogens with zero attached hydrogens (tertiary/aromatic N) is 1. The van der Waals surface area contributed by atoms with Gasteiger partial charge in [0.05, 0.1) is 12.8 Å². The lowest BCUT2D eigenvalue weighted by atomic mass is 10.1. The number of aromatic nitrogens is 1. The number of ether oxygens (including phenoxy) is 1. The molecule has 0 aliphatic heterocycles. The molecular formula is C14H16N2O. The minimum atomic E-state index is 0.625. The van der Waals surface area contributed by atoms with E-state index < -0.39 is 0 Å². The van der Waals surface area contributed by atoms with E-state index in [0.717, 1.165) is 12.2 Å². The van der Waals surface area contributed by atoms with Gasteiger partial charge in [-0.05, 0) is 24.6 Å². The van der Waals surface area contributed by atoms with E-state index in [4.69, 9.17) is 4.74 Å². The van der Waals surface area contributed by atoms with Crippen molar-refractivity contribution < 1.29 is 4.74 Å². The third-order valence-electron chi connectivity index (χ3n) is 2.57. The van der Waals surface area contributed by atoms with Gasteiger partial charge in [0.2, 0.25) is 5.88 Å². The Bertz CT molecular complexity index is 480. The first-order valence-corrected chi connectivity index (χ1v) is 5.58. The van der Waals surface area contributed by atoms with E-state index in [1.807, 2.05) is 12.1 Å². The molecule has 1 aromatic carbocycles. The Morgan fingerprint density at radius 2 is 1.94 bits per heavy atom. The van der Waals surface area contributed by atoms with Crippen LogP contribution in [0.2, 0.25) is 0 Å². The first kappa shape index (κ1) is 11.5. The minimum Gasteiger partial charge on any atom is -0.480 e. The molecule has 0 amide bonds. The number of anilines is 1. The van der Waals surface area contributed by atoms with Gasteiger partial charge in [-0.15, -0.1) is 0 Å². The van der Waals surface area contributed by atoms with Crippen LogP contribution in [0.5, 0.6) is 5.88 Å². The lowest BCUT2D eigenvalue weighted by molar-refractivity contribution is 0.399. The van der Waals surface area contributed by atoms with Crippen LogP contribution < -0.4 is 10.1 Å². The summed E-state index contributed by atoms with van der Waals surface area (Å²) in [6.45, 7) is 2.85. The molecule has 2 rings (SSSR count). The molecule has 0 saturated carbocycles. The normalized spacial score (nSPS) is 10.0. The lowest BCUT2D eigenvalue weighted by Crippen LogP contribution is -2.02. The maximum Gasteiger partial charge on any atom is 0.237 e. The van der Waals surface area contributed by atoms with Gasteiger partial charge in [-0.25, -0.2) is 4.98 Å². The molecule has 0 radical (unpaired) electrons. The third kappa shape index (κ3) is 2.97. The van der Waals surface area contributed by atoms with E-state index in [1.54, 1.807) is 13.3 Å². The summed E-state index contributed by atoms with van der Waals surface area (Å²) in [6.07, 6.45) is 1.72. The predicted molar refractivity (Wildman–Crippen MR) is 69.3 cm³/mol. The Hall–Kier alpha value is -2.03. The van der Waals surface area contributed by atoms with Crippen LogP contribution in [0.25, 0.3) is 0 Å². The van der Waals surface area contributed by atoms with Gasteiger partial charge in [-0.2, -0.15) is 0 Å². The number of nitrogens with one attached hydrogen (secondary N) is 1. The topological polar surface area (TPSA) is 34.1 Å². The molecule has 3 heteroatoms. The van der Waals surface area contributed by atoms with E-state index in [2.05, 4.69) is 41.5 Å². The highest BCUT2D eigenvalue weighted by molar-refractivity contribution is 5.52. The molecule has 0 atom stereocenters. The number of pyridine rings is 1. The summed E-state index contributed by atoms with van der Waals surface area (Å²) in [4.78, 5) is 4.14. The number of hydrogen-bond donors (Lipinski definition) is 1. The van der Waals surface area contributed by atoms with Crippen LogP contribution in [0.15, 0.2) is 42.6 Å². The predicted octanol–water partition coefficient (Wildman–Crippen LogP) is 3.01. The molecule has 1 heterocycles. The van der Waals surface area contributed by atoms with Crippen LogP contribution in [0.3, 0.4) is 0 Å². The van der Waals surface area contributed by atoms with Gasteiger partial charge < -0.3 is 10.1 Å². The zero-order valence-corrected chi connectivity index (χ0v) is 10.1. The average molecular weight is 228 g/mol. The molecule has 2 aromatic rings. The van der Waals surface area contributed by atoms with Gasteiger partial charge in [-0.1, -0.05) is 29.8 Å². The van der Waals surface area contributed by atoms with Crippen molar-refractivity contribution in [2.75, 3.05) is 12.4 Å². The molecule has 0 aliphatic carbocycles. The van der Waals surface area contributed by atoms with E-state index in [0.29, 0.717) is 5.88 Å². The van der Waals surface area contributed by atoms with Crippen molar-refractivity contribution in [1.29, 1.82) is 0 Å². The molecule has 0 unspecified atom stereocenters. The number of aryl methyl sites for hydroxylation is 1. The second-order valence-corrected chi connectivity index (χ2v) is 3.90. The number of benzene rings is 1. The van der Waals surface area contributed by atoms with Gasteiger partial charge in [-0.3, -0.25) is 0 Å². The summed E-state index contributed by atoms with van der Waals surface area (Å²) >= 11 is 0. The minimum absolute atomic E-state index is 0.625. The first-order chi connectivity index (χ1) is 8.29. The Morgan fingerprint density at radius 1 is 1.18 bits per heavy atom. The largest absolute Gasteiger partial charge is 0.480 e. The second-order valence-electron chi connectivity index (χ2n) is 3.90. The second kappa shape index (κ2) is 5.34. The fourth-order valence-corrected chi connectivity index (χ4v) is 1.59. The van der Waals surface area contributed by atoms with Gasteiger partial charge >= 0.3 is 0 Å². The summed E-state index contributed by atoms with van der Waals surface area (Å²) in [5.74, 6) is 0.625. The van der Waals surface area contributed by atoms with Crippen molar-refractivity contribution in [1.82, 2.24) is 4.98 Å². The van der Waals surface area contributed by atoms with E-state index in [1.165, 1.54) is 11.1 Å². The summed E-state index contributed by atoms with van der Waals surface area (Å²) in [5.41, 5.74) is 3.42. The molecular weight excluding hydrogens is 212 g/mol. The Balaban J connectivity index is 2.04. The zero-order chi connectivity index (χ0) is 12.1. The number of methoxy groups -OCH3 is 1. The van der Waals surface area contributed by atoms with Crippen LogP contribution in [0.4, 0.5) is 5.69 Å². The summed E-state index contributed by atoms with van der Waals surface area (Å²) in [6, 6.07) is 12.3. The maximum atomic E-state index is 5.18. The summed E-state index contributed by atoms with van der Waals surface area (Å²) < 4.78 is 5.18. The molecule has 0 spiro atoms. The smallest absolute Gasteiger partial charge is 0.237 e. The van der Waals surface area contributed by atoms with Crippen molar-refractivity contribution >= 4 is 5.69 Å². The summed E-state index contributed by atoms with van der Waals surface area (Å²) in [7, 11) is 1.62.